The third kappa shape index (κ3) is 5.24. The van der Waals surface area contributed by atoms with Crippen molar-refractivity contribution < 1.29 is 9.47 Å². The van der Waals surface area contributed by atoms with Crippen LogP contribution in [0, 0.1) is 5.92 Å². The molecule has 1 aliphatic heterocycles. The van der Waals surface area contributed by atoms with Crippen molar-refractivity contribution in [3.05, 3.63) is 0 Å². The Balaban J connectivity index is 1.78. The second-order valence-corrected chi connectivity index (χ2v) is 3.48. The van der Waals surface area contributed by atoms with Crippen molar-refractivity contribution in [2.24, 2.45) is 5.92 Å². The highest BCUT2D eigenvalue weighted by Crippen LogP contribution is 2.10. The zero-order chi connectivity index (χ0) is 9.36. The van der Waals surface area contributed by atoms with E-state index in [1.807, 2.05) is 6.92 Å². The van der Waals surface area contributed by atoms with Gasteiger partial charge in [0.2, 0.25) is 0 Å². The number of hydrogen-bond donors (Lipinski definition) is 1. The van der Waals surface area contributed by atoms with Crippen LogP contribution in [0.1, 0.15) is 19.8 Å². The van der Waals surface area contributed by atoms with E-state index in [4.69, 9.17) is 9.47 Å². The molecule has 78 valence electrons. The van der Waals surface area contributed by atoms with Crippen LogP contribution in [-0.2, 0) is 9.47 Å². The summed E-state index contributed by atoms with van der Waals surface area (Å²) in [5.41, 5.74) is 0. The fraction of sp³-hybridized carbons (Fsp3) is 1.00. The van der Waals surface area contributed by atoms with E-state index in [0.717, 1.165) is 51.9 Å². The lowest BCUT2D eigenvalue weighted by atomic mass is 10.1. The van der Waals surface area contributed by atoms with E-state index < -0.39 is 0 Å². The minimum absolute atomic E-state index is 0.743. The van der Waals surface area contributed by atoms with Crippen LogP contribution in [0.2, 0.25) is 0 Å². The second-order valence-electron chi connectivity index (χ2n) is 3.48. The topological polar surface area (TPSA) is 30.5 Å². The second kappa shape index (κ2) is 7.30. The van der Waals surface area contributed by atoms with Gasteiger partial charge < -0.3 is 14.8 Å². The maximum atomic E-state index is 5.29. The van der Waals surface area contributed by atoms with Crippen molar-refractivity contribution in [2.75, 3.05) is 39.5 Å². The predicted molar refractivity (Wildman–Crippen MR) is 52.9 cm³/mol. The maximum Gasteiger partial charge on any atom is 0.0507 e. The third-order valence-electron chi connectivity index (χ3n) is 2.30. The largest absolute Gasteiger partial charge is 0.382 e. The van der Waals surface area contributed by atoms with Crippen molar-refractivity contribution in [2.45, 2.75) is 19.8 Å². The Kier molecular flexibility index (Phi) is 6.15. The van der Waals surface area contributed by atoms with Gasteiger partial charge in [-0.15, -0.1) is 0 Å². The van der Waals surface area contributed by atoms with Gasteiger partial charge in [0.05, 0.1) is 6.61 Å². The van der Waals surface area contributed by atoms with Gasteiger partial charge >= 0.3 is 0 Å². The Bertz CT molecular complexity index is 113. The molecule has 13 heavy (non-hydrogen) atoms. The van der Waals surface area contributed by atoms with Gasteiger partial charge in [-0.2, -0.15) is 0 Å². The zero-order valence-electron chi connectivity index (χ0n) is 8.55. The van der Waals surface area contributed by atoms with Crippen LogP contribution in [-0.4, -0.2) is 39.5 Å². The van der Waals surface area contributed by atoms with Gasteiger partial charge in [-0.1, -0.05) is 0 Å². The van der Waals surface area contributed by atoms with Gasteiger partial charge in [0, 0.05) is 26.4 Å². The zero-order valence-corrected chi connectivity index (χ0v) is 8.55. The highest BCUT2D eigenvalue weighted by molar-refractivity contribution is 4.66. The molecule has 1 unspecified atom stereocenters. The standard InChI is InChI=1S/C10H21NO2/c1-2-12-6-3-5-11-8-10-4-7-13-9-10/h10-11H,2-9H2,1H3. The molecule has 1 rings (SSSR count). The first-order chi connectivity index (χ1) is 6.43. The summed E-state index contributed by atoms with van der Waals surface area (Å²) < 4.78 is 10.5. The highest BCUT2D eigenvalue weighted by Gasteiger charge is 2.14. The monoisotopic (exact) mass is 187 g/mol. The minimum atomic E-state index is 0.743. The molecule has 3 heteroatoms. The van der Waals surface area contributed by atoms with Crippen LogP contribution in [0.3, 0.4) is 0 Å². The molecule has 1 aliphatic rings. The van der Waals surface area contributed by atoms with Crippen LogP contribution in [0.25, 0.3) is 0 Å². The molecule has 0 bridgehead atoms. The molecule has 1 saturated heterocycles. The lowest BCUT2D eigenvalue weighted by Gasteiger charge is -2.08. The summed E-state index contributed by atoms with van der Waals surface area (Å²) in [6.07, 6.45) is 2.33. The summed E-state index contributed by atoms with van der Waals surface area (Å²) in [6.45, 7) is 7.80. The third-order valence-corrected chi connectivity index (χ3v) is 2.30. The normalized spacial score (nSPS) is 22.4. The van der Waals surface area contributed by atoms with E-state index >= 15 is 0 Å². The molecule has 3 nitrogen and oxygen atoms in total. The van der Waals surface area contributed by atoms with Gasteiger partial charge in [0.25, 0.3) is 0 Å². The summed E-state index contributed by atoms with van der Waals surface area (Å²) in [5, 5.41) is 3.43. The summed E-state index contributed by atoms with van der Waals surface area (Å²) >= 11 is 0. The van der Waals surface area contributed by atoms with Gasteiger partial charge in [0.1, 0.15) is 0 Å². The Hall–Kier alpha value is -0.120. The van der Waals surface area contributed by atoms with Crippen LogP contribution < -0.4 is 5.32 Å². The molecule has 0 radical (unpaired) electrons. The maximum absolute atomic E-state index is 5.29. The molecular weight excluding hydrogens is 166 g/mol. The molecule has 0 amide bonds. The van der Waals surface area contributed by atoms with E-state index in [0.29, 0.717) is 0 Å². The van der Waals surface area contributed by atoms with Crippen LogP contribution in [0.4, 0.5) is 0 Å². The van der Waals surface area contributed by atoms with Crippen molar-refractivity contribution in [3.63, 3.8) is 0 Å². The van der Waals surface area contributed by atoms with Gasteiger partial charge in [0.15, 0.2) is 0 Å². The van der Waals surface area contributed by atoms with Crippen LogP contribution >= 0.6 is 0 Å². The van der Waals surface area contributed by atoms with E-state index in [1.54, 1.807) is 0 Å². The summed E-state index contributed by atoms with van der Waals surface area (Å²) in [4.78, 5) is 0. The first-order valence-corrected chi connectivity index (χ1v) is 5.29. The average molecular weight is 187 g/mol. The molecule has 0 aromatic rings. The molecule has 0 aliphatic carbocycles. The molecule has 0 aromatic carbocycles. The number of nitrogens with one attached hydrogen (secondary N) is 1. The lowest BCUT2D eigenvalue weighted by molar-refractivity contribution is 0.144. The highest BCUT2D eigenvalue weighted by atomic mass is 16.5. The fourth-order valence-electron chi connectivity index (χ4n) is 1.49. The van der Waals surface area contributed by atoms with E-state index in [9.17, 15) is 0 Å². The molecule has 0 saturated carbocycles. The fourth-order valence-corrected chi connectivity index (χ4v) is 1.49. The van der Waals surface area contributed by atoms with Gasteiger partial charge in [-0.3, -0.25) is 0 Å². The van der Waals surface area contributed by atoms with E-state index in [1.165, 1.54) is 6.42 Å². The molecule has 1 N–H and O–H groups in total. The van der Waals surface area contributed by atoms with E-state index in [2.05, 4.69) is 5.32 Å². The Morgan fingerprint density at radius 1 is 1.54 bits per heavy atom. The first-order valence-electron chi connectivity index (χ1n) is 5.29. The number of rotatable bonds is 7. The summed E-state index contributed by atoms with van der Waals surface area (Å²) in [6, 6.07) is 0. The van der Waals surface area contributed by atoms with Crippen LogP contribution in [0.5, 0.6) is 0 Å². The predicted octanol–water partition coefficient (Wildman–Crippen LogP) is 1.04. The van der Waals surface area contributed by atoms with Gasteiger partial charge in [-0.05, 0) is 32.2 Å². The Morgan fingerprint density at radius 3 is 3.15 bits per heavy atom. The number of ether oxygens (including phenoxy) is 2. The van der Waals surface area contributed by atoms with Crippen molar-refractivity contribution in [1.29, 1.82) is 0 Å². The lowest BCUT2D eigenvalue weighted by Crippen LogP contribution is -2.24. The molecule has 1 atom stereocenters. The van der Waals surface area contributed by atoms with Crippen molar-refractivity contribution in [1.82, 2.24) is 5.32 Å². The van der Waals surface area contributed by atoms with E-state index in [-0.39, 0.29) is 0 Å². The molecule has 1 fully saturated rings. The number of hydrogen-bond acceptors (Lipinski definition) is 3. The quantitative estimate of drug-likeness (QED) is 0.604. The summed E-state index contributed by atoms with van der Waals surface area (Å²) in [7, 11) is 0. The minimum Gasteiger partial charge on any atom is -0.382 e. The molecular formula is C10H21NO2. The molecule has 0 aromatic heterocycles. The molecule has 1 heterocycles. The SMILES string of the molecule is CCOCCCNCC1CCOC1. The summed E-state index contributed by atoms with van der Waals surface area (Å²) in [5.74, 6) is 0.743. The van der Waals surface area contributed by atoms with Crippen molar-refractivity contribution >= 4 is 0 Å². The molecule has 0 spiro atoms. The van der Waals surface area contributed by atoms with Crippen LogP contribution in [0.15, 0.2) is 0 Å². The smallest absolute Gasteiger partial charge is 0.0507 e. The van der Waals surface area contributed by atoms with Gasteiger partial charge in [-0.25, -0.2) is 0 Å². The Labute approximate surface area is 80.8 Å². The average Bonchev–Trinajstić information content (AvgIpc) is 2.63. The Morgan fingerprint density at radius 2 is 2.46 bits per heavy atom. The van der Waals surface area contributed by atoms with Crippen molar-refractivity contribution in [3.8, 4) is 0 Å². The first kappa shape index (κ1) is 11.0.